The van der Waals surface area contributed by atoms with Crippen LogP contribution in [0, 0.1) is 6.92 Å². The number of carbonyl (C=O) groups excluding carboxylic acids is 3. The van der Waals surface area contributed by atoms with Gasteiger partial charge in [0.25, 0.3) is 5.91 Å². The van der Waals surface area contributed by atoms with Gasteiger partial charge in [-0.15, -0.1) is 0 Å². The number of aryl methyl sites for hydroxylation is 1. The number of amides is 3. The van der Waals surface area contributed by atoms with E-state index in [2.05, 4.69) is 10.6 Å². The van der Waals surface area contributed by atoms with E-state index in [1.54, 1.807) is 12.1 Å². The van der Waals surface area contributed by atoms with Crippen molar-refractivity contribution >= 4 is 29.5 Å². The average molecular weight is 383 g/mol. The standard InChI is InChI=1S/C18H23ClN2O5/c1-12-7-8-14(19)15(9-12)25-11-17(23)26-10-16(22)21-18(24)20-13-5-3-2-4-6-13/h7-9,13H,2-6,10-11H2,1H3,(H2,20,21,22,24). The summed E-state index contributed by atoms with van der Waals surface area (Å²) in [6, 6.07) is 4.69. The summed E-state index contributed by atoms with van der Waals surface area (Å²) in [5.41, 5.74) is 0.932. The van der Waals surface area contributed by atoms with E-state index >= 15 is 0 Å². The Morgan fingerprint density at radius 3 is 2.62 bits per heavy atom. The van der Waals surface area contributed by atoms with E-state index in [1.165, 1.54) is 6.42 Å². The Hall–Kier alpha value is -2.28. The molecule has 2 rings (SSSR count). The molecule has 1 aliphatic carbocycles. The number of benzene rings is 1. The van der Waals surface area contributed by atoms with Gasteiger partial charge >= 0.3 is 12.0 Å². The zero-order valence-corrected chi connectivity index (χ0v) is 15.4. The fourth-order valence-electron chi connectivity index (χ4n) is 2.68. The smallest absolute Gasteiger partial charge is 0.344 e. The van der Waals surface area contributed by atoms with Gasteiger partial charge in [0, 0.05) is 6.04 Å². The lowest BCUT2D eigenvalue weighted by atomic mass is 9.96. The molecule has 1 aliphatic rings. The summed E-state index contributed by atoms with van der Waals surface area (Å²) in [6.45, 7) is 0.927. The predicted octanol–water partition coefficient (Wildman–Crippen LogP) is 2.73. The van der Waals surface area contributed by atoms with Crippen LogP contribution in [0.15, 0.2) is 18.2 Å². The molecule has 0 aromatic heterocycles. The summed E-state index contributed by atoms with van der Waals surface area (Å²) in [7, 11) is 0. The molecule has 1 saturated carbocycles. The van der Waals surface area contributed by atoms with E-state index in [9.17, 15) is 14.4 Å². The van der Waals surface area contributed by atoms with Gasteiger partial charge in [-0.25, -0.2) is 9.59 Å². The maximum atomic E-state index is 11.7. The van der Waals surface area contributed by atoms with Crippen LogP contribution in [0.5, 0.6) is 5.75 Å². The molecular weight excluding hydrogens is 360 g/mol. The SMILES string of the molecule is Cc1ccc(Cl)c(OCC(=O)OCC(=O)NC(=O)NC2CCCCC2)c1. The van der Waals surface area contributed by atoms with Crippen LogP contribution in [0.4, 0.5) is 4.79 Å². The molecule has 0 unspecified atom stereocenters. The maximum absolute atomic E-state index is 11.7. The summed E-state index contributed by atoms with van der Waals surface area (Å²) in [6.07, 6.45) is 5.14. The summed E-state index contributed by atoms with van der Waals surface area (Å²) in [4.78, 5) is 35.0. The van der Waals surface area contributed by atoms with Gasteiger partial charge in [0.15, 0.2) is 13.2 Å². The number of rotatable bonds is 6. The molecule has 2 N–H and O–H groups in total. The fourth-order valence-corrected chi connectivity index (χ4v) is 2.85. The van der Waals surface area contributed by atoms with E-state index in [0.29, 0.717) is 10.8 Å². The minimum Gasteiger partial charge on any atom is -0.480 e. The monoisotopic (exact) mass is 382 g/mol. The molecule has 0 spiro atoms. The second-order valence-electron chi connectivity index (χ2n) is 6.24. The number of ether oxygens (including phenoxy) is 2. The van der Waals surface area contributed by atoms with E-state index in [4.69, 9.17) is 21.1 Å². The maximum Gasteiger partial charge on any atom is 0.344 e. The first-order valence-electron chi connectivity index (χ1n) is 8.59. The Morgan fingerprint density at radius 1 is 1.15 bits per heavy atom. The van der Waals surface area contributed by atoms with Crippen molar-refractivity contribution in [3.8, 4) is 5.75 Å². The third kappa shape index (κ3) is 6.92. The van der Waals surface area contributed by atoms with E-state index in [0.717, 1.165) is 31.2 Å². The zero-order valence-electron chi connectivity index (χ0n) is 14.7. The number of nitrogens with one attached hydrogen (secondary N) is 2. The minimum atomic E-state index is -0.731. The first-order valence-corrected chi connectivity index (χ1v) is 8.97. The van der Waals surface area contributed by atoms with Crippen molar-refractivity contribution in [1.82, 2.24) is 10.6 Å². The van der Waals surface area contributed by atoms with Gasteiger partial charge in [-0.05, 0) is 37.5 Å². The highest BCUT2D eigenvalue weighted by Crippen LogP contribution is 2.25. The number of imide groups is 1. The first-order chi connectivity index (χ1) is 12.4. The predicted molar refractivity (Wildman–Crippen MR) is 96.2 cm³/mol. The Bertz CT molecular complexity index is 659. The largest absolute Gasteiger partial charge is 0.480 e. The van der Waals surface area contributed by atoms with Crippen molar-refractivity contribution in [1.29, 1.82) is 0 Å². The van der Waals surface area contributed by atoms with Crippen molar-refractivity contribution in [2.24, 2.45) is 0 Å². The molecule has 1 aromatic carbocycles. The molecule has 26 heavy (non-hydrogen) atoms. The number of hydrogen-bond acceptors (Lipinski definition) is 5. The average Bonchev–Trinajstić information content (AvgIpc) is 2.61. The van der Waals surface area contributed by atoms with Crippen LogP contribution in [-0.2, 0) is 14.3 Å². The highest BCUT2D eigenvalue weighted by molar-refractivity contribution is 6.32. The van der Waals surface area contributed by atoms with Crippen LogP contribution in [-0.4, -0.2) is 37.2 Å². The van der Waals surface area contributed by atoms with Crippen LogP contribution in [0.1, 0.15) is 37.7 Å². The van der Waals surface area contributed by atoms with Crippen LogP contribution in [0.2, 0.25) is 5.02 Å². The Kier molecular flexibility index (Phi) is 7.72. The quantitative estimate of drug-likeness (QED) is 0.738. The van der Waals surface area contributed by atoms with Gasteiger partial charge in [0.05, 0.1) is 5.02 Å². The molecule has 7 nitrogen and oxygen atoms in total. The number of halogens is 1. The molecule has 3 amide bonds. The lowest BCUT2D eigenvalue weighted by molar-refractivity contribution is -0.150. The van der Waals surface area contributed by atoms with Gasteiger partial charge < -0.3 is 14.8 Å². The third-order valence-electron chi connectivity index (χ3n) is 3.99. The van der Waals surface area contributed by atoms with E-state index in [1.807, 2.05) is 13.0 Å². The summed E-state index contributed by atoms with van der Waals surface area (Å²) in [5, 5.41) is 5.27. The molecule has 0 heterocycles. The summed E-state index contributed by atoms with van der Waals surface area (Å²) < 4.78 is 10.1. The summed E-state index contributed by atoms with van der Waals surface area (Å²) >= 11 is 5.96. The Balaban J connectivity index is 1.65. The van der Waals surface area contributed by atoms with Gasteiger partial charge in [0.1, 0.15) is 5.75 Å². The molecular formula is C18H23ClN2O5. The van der Waals surface area contributed by atoms with Gasteiger partial charge in [0.2, 0.25) is 0 Å². The molecule has 1 aromatic rings. The van der Waals surface area contributed by atoms with Crippen LogP contribution in [0.3, 0.4) is 0 Å². The van der Waals surface area contributed by atoms with Crippen LogP contribution in [0.25, 0.3) is 0 Å². The topological polar surface area (TPSA) is 93.7 Å². The number of urea groups is 1. The molecule has 0 bridgehead atoms. The van der Waals surface area contributed by atoms with Gasteiger partial charge in [-0.2, -0.15) is 0 Å². The Labute approximate surface area is 157 Å². The number of hydrogen-bond donors (Lipinski definition) is 2. The number of carbonyl (C=O) groups is 3. The molecule has 0 saturated heterocycles. The lowest BCUT2D eigenvalue weighted by Gasteiger charge is -2.22. The minimum absolute atomic E-state index is 0.0894. The molecule has 0 radical (unpaired) electrons. The lowest BCUT2D eigenvalue weighted by Crippen LogP contribution is -2.46. The fraction of sp³-hybridized carbons (Fsp3) is 0.500. The summed E-state index contributed by atoms with van der Waals surface area (Å²) in [5.74, 6) is -1.06. The van der Waals surface area contributed by atoms with Crippen molar-refractivity contribution in [2.45, 2.75) is 45.1 Å². The van der Waals surface area contributed by atoms with E-state index in [-0.39, 0.29) is 12.6 Å². The highest BCUT2D eigenvalue weighted by Gasteiger charge is 2.17. The van der Waals surface area contributed by atoms with Crippen molar-refractivity contribution in [3.05, 3.63) is 28.8 Å². The van der Waals surface area contributed by atoms with Gasteiger partial charge in [-0.1, -0.05) is 36.9 Å². The van der Waals surface area contributed by atoms with Crippen molar-refractivity contribution < 1.29 is 23.9 Å². The zero-order chi connectivity index (χ0) is 18.9. The van der Waals surface area contributed by atoms with Crippen LogP contribution >= 0.6 is 11.6 Å². The van der Waals surface area contributed by atoms with Crippen molar-refractivity contribution in [2.75, 3.05) is 13.2 Å². The molecule has 0 atom stereocenters. The second-order valence-corrected chi connectivity index (χ2v) is 6.65. The highest BCUT2D eigenvalue weighted by atomic mass is 35.5. The van der Waals surface area contributed by atoms with Crippen LogP contribution < -0.4 is 15.4 Å². The molecule has 142 valence electrons. The molecule has 8 heteroatoms. The van der Waals surface area contributed by atoms with Crippen molar-refractivity contribution in [3.63, 3.8) is 0 Å². The normalized spacial score (nSPS) is 14.4. The third-order valence-corrected chi connectivity index (χ3v) is 4.30. The molecule has 1 fully saturated rings. The van der Waals surface area contributed by atoms with Gasteiger partial charge in [-0.3, -0.25) is 10.1 Å². The molecule has 0 aliphatic heterocycles. The first kappa shape index (κ1) is 20.0. The number of esters is 1. The second kappa shape index (κ2) is 10.0. The Morgan fingerprint density at radius 2 is 1.88 bits per heavy atom. The van der Waals surface area contributed by atoms with E-state index < -0.39 is 24.5 Å².